The predicted molar refractivity (Wildman–Crippen MR) is 77.4 cm³/mol. The van der Waals surface area contributed by atoms with E-state index in [0.29, 0.717) is 6.04 Å². The van der Waals surface area contributed by atoms with Crippen LogP contribution in [0.25, 0.3) is 0 Å². The van der Waals surface area contributed by atoms with Crippen molar-refractivity contribution < 1.29 is 4.74 Å². The summed E-state index contributed by atoms with van der Waals surface area (Å²) < 4.78 is 5.97. The number of ether oxygens (including phenoxy) is 1. The first kappa shape index (κ1) is 12.4. The molecule has 2 fully saturated rings. The molecule has 1 aromatic rings. The second-order valence-corrected chi connectivity index (χ2v) is 6.33. The summed E-state index contributed by atoms with van der Waals surface area (Å²) in [6.07, 6.45) is 8.29. The van der Waals surface area contributed by atoms with Crippen molar-refractivity contribution in [2.45, 2.75) is 48.6 Å². The van der Waals surface area contributed by atoms with E-state index in [2.05, 4.69) is 35.8 Å². The number of anilines is 1. The van der Waals surface area contributed by atoms with Gasteiger partial charge in [-0.15, -0.1) is 11.8 Å². The Morgan fingerprint density at radius 2 is 2.28 bits per heavy atom. The molecule has 3 rings (SSSR count). The molecule has 1 saturated heterocycles. The van der Waals surface area contributed by atoms with Gasteiger partial charge in [0.1, 0.15) is 0 Å². The van der Waals surface area contributed by atoms with E-state index >= 15 is 0 Å². The first-order valence-corrected chi connectivity index (χ1v) is 8.07. The SMILES string of the molecule is CSc1cccc(NC2CCOC3(CCC3)C2)c1. The van der Waals surface area contributed by atoms with Crippen molar-refractivity contribution in [1.29, 1.82) is 0 Å². The summed E-state index contributed by atoms with van der Waals surface area (Å²) in [7, 11) is 0. The molecule has 0 amide bonds. The van der Waals surface area contributed by atoms with E-state index in [0.717, 1.165) is 13.0 Å². The third kappa shape index (κ3) is 2.52. The lowest BCUT2D eigenvalue weighted by atomic mass is 9.74. The fourth-order valence-corrected chi connectivity index (χ4v) is 3.48. The van der Waals surface area contributed by atoms with Crippen molar-refractivity contribution in [2.75, 3.05) is 18.2 Å². The van der Waals surface area contributed by atoms with Gasteiger partial charge in [-0.3, -0.25) is 0 Å². The monoisotopic (exact) mass is 263 g/mol. The molecule has 0 bridgehead atoms. The maximum atomic E-state index is 5.97. The third-order valence-corrected chi connectivity index (χ3v) is 4.92. The van der Waals surface area contributed by atoms with Gasteiger partial charge >= 0.3 is 0 Å². The van der Waals surface area contributed by atoms with Crippen LogP contribution in [0.2, 0.25) is 0 Å². The van der Waals surface area contributed by atoms with Gasteiger partial charge in [-0.25, -0.2) is 0 Å². The Bertz CT molecular complexity index is 417. The van der Waals surface area contributed by atoms with Gasteiger partial charge in [0, 0.05) is 23.2 Å². The zero-order valence-corrected chi connectivity index (χ0v) is 11.8. The fourth-order valence-electron chi connectivity index (χ4n) is 3.02. The number of nitrogens with one attached hydrogen (secondary N) is 1. The van der Waals surface area contributed by atoms with Gasteiger partial charge in [-0.1, -0.05) is 6.07 Å². The molecular formula is C15H21NOS. The minimum absolute atomic E-state index is 0.229. The highest BCUT2D eigenvalue weighted by molar-refractivity contribution is 7.98. The summed E-state index contributed by atoms with van der Waals surface area (Å²) in [4.78, 5) is 1.32. The Kier molecular flexibility index (Phi) is 3.53. The van der Waals surface area contributed by atoms with Gasteiger partial charge in [0.15, 0.2) is 0 Å². The Morgan fingerprint density at radius 1 is 1.39 bits per heavy atom. The molecule has 1 N–H and O–H groups in total. The number of rotatable bonds is 3. The zero-order valence-electron chi connectivity index (χ0n) is 10.9. The van der Waals surface area contributed by atoms with Crippen LogP contribution in [-0.2, 0) is 4.74 Å². The maximum Gasteiger partial charge on any atom is 0.0702 e. The van der Waals surface area contributed by atoms with Crippen molar-refractivity contribution >= 4 is 17.4 Å². The predicted octanol–water partition coefficient (Wildman–Crippen LogP) is 3.92. The van der Waals surface area contributed by atoms with Gasteiger partial charge in [0.05, 0.1) is 5.60 Å². The second-order valence-electron chi connectivity index (χ2n) is 5.45. The molecule has 1 aliphatic heterocycles. The van der Waals surface area contributed by atoms with Crippen LogP contribution in [0.5, 0.6) is 0 Å². The molecule has 98 valence electrons. The first-order chi connectivity index (χ1) is 8.80. The number of benzene rings is 1. The second kappa shape index (κ2) is 5.14. The van der Waals surface area contributed by atoms with Crippen LogP contribution in [0.3, 0.4) is 0 Å². The lowest BCUT2D eigenvalue weighted by Crippen LogP contribution is -2.48. The van der Waals surface area contributed by atoms with Crippen LogP contribution >= 0.6 is 11.8 Å². The molecule has 2 nitrogen and oxygen atoms in total. The van der Waals surface area contributed by atoms with Crippen molar-refractivity contribution in [1.82, 2.24) is 0 Å². The minimum Gasteiger partial charge on any atom is -0.382 e. The molecule has 1 aromatic carbocycles. The summed E-state index contributed by atoms with van der Waals surface area (Å²) in [5, 5.41) is 3.69. The van der Waals surface area contributed by atoms with Gasteiger partial charge < -0.3 is 10.1 Å². The summed E-state index contributed by atoms with van der Waals surface area (Å²) in [5.74, 6) is 0. The van der Waals surface area contributed by atoms with Crippen LogP contribution in [-0.4, -0.2) is 24.5 Å². The highest BCUT2D eigenvalue weighted by Gasteiger charge is 2.42. The van der Waals surface area contributed by atoms with Gasteiger partial charge in [0.2, 0.25) is 0 Å². The van der Waals surface area contributed by atoms with Gasteiger partial charge in [0.25, 0.3) is 0 Å². The molecule has 1 spiro atoms. The smallest absolute Gasteiger partial charge is 0.0702 e. The summed E-state index contributed by atoms with van der Waals surface area (Å²) >= 11 is 1.80. The zero-order chi connectivity index (χ0) is 12.4. The topological polar surface area (TPSA) is 21.3 Å². The Hall–Kier alpha value is -0.670. The molecule has 2 aliphatic rings. The Morgan fingerprint density at radius 3 is 3.00 bits per heavy atom. The van der Waals surface area contributed by atoms with E-state index in [1.807, 2.05) is 0 Å². The average Bonchev–Trinajstić information content (AvgIpc) is 2.37. The van der Waals surface area contributed by atoms with Crippen LogP contribution < -0.4 is 5.32 Å². The molecule has 3 heteroatoms. The molecule has 0 radical (unpaired) electrons. The summed E-state index contributed by atoms with van der Waals surface area (Å²) in [6.45, 7) is 0.917. The largest absolute Gasteiger partial charge is 0.382 e. The average molecular weight is 263 g/mol. The summed E-state index contributed by atoms with van der Waals surface area (Å²) in [6, 6.07) is 9.28. The lowest BCUT2D eigenvalue weighted by Gasteiger charge is -2.47. The molecular weight excluding hydrogens is 242 g/mol. The van der Waals surface area contributed by atoms with Crippen LogP contribution in [0.1, 0.15) is 32.1 Å². The van der Waals surface area contributed by atoms with Crippen molar-refractivity contribution in [3.8, 4) is 0 Å². The fraction of sp³-hybridized carbons (Fsp3) is 0.600. The molecule has 1 saturated carbocycles. The third-order valence-electron chi connectivity index (χ3n) is 4.20. The van der Waals surface area contributed by atoms with Crippen molar-refractivity contribution in [3.05, 3.63) is 24.3 Å². The molecule has 1 unspecified atom stereocenters. The Balaban J connectivity index is 1.64. The standard InChI is InChI=1S/C15H21NOS/c1-18-14-5-2-4-12(10-14)16-13-6-9-17-15(11-13)7-3-8-15/h2,4-5,10,13,16H,3,6-9,11H2,1H3. The normalized spacial score (nSPS) is 25.7. The molecule has 1 atom stereocenters. The van der Waals surface area contributed by atoms with Crippen LogP contribution in [0.15, 0.2) is 29.2 Å². The molecule has 1 aliphatic carbocycles. The number of thioether (sulfide) groups is 1. The van der Waals surface area contributed by atoms with Crippen molar-refractivity contribution in [2.24, 2.45) is 0 Å². The van der Waals surface area contributed by atoms with Gasteiger partial charge in [-0.2, -0.15) is 0 Å². The number of hydrogen-bond donors (Lipinski definition) is 1. The number of hydrogen-bond acceptors (Lipinski definition) is 3. The Labute approximate surface area is 113 Å². The quantitative estimate of drug-likeness (QED) is 0.835. The minimum atomic E-state index is 0.229. The van der Waals surface area contributed by atoms with Crippen molar-refractivity contribution in [3.63, 3.8) is 0 Å². The van der Waals surface area contributed by atoms with Crippen LogP contribution in [0.4, 0.5) is 5.69 Å². The van der Waals surface area contributed by atoms with E-state index in [1.165, 1.54) is 36.3 Å². The van der Waals surface area contributed by atoms with Crippen LogP contribution in [0, 0.1) is 0 Å². The van der Waals surface area contributed by atoms with E-state index in [4.69, 9.17) is 4.74 Å². The van der Waals surface area contributed by atoms with E-state index in [1.54, 1.807) is 11.8 Å². The maximum absolute atomic E-state index is 5.97. The lowest BCUT2D eigenvalue weighted by molar-refractivity contribution is -0.130. The van der Waals surface area contributed by atoms with E-state index < -0.39 is 0 Å². The first-order valence-electron chi connectivity index (χ1n) is 6.84. The van der Waals surface area contributed by atoms with Gasteiger partial charge in [-0.05, 0) is 56.6 Å². The molecule has 1 heterocycles. The highest BCUT2D eigenvalue weighted by atomic mass is 32.2. The molecule has 0 aromatic heterocycles. The molecule has 18 heavy (non-hydrogen) atoms. The highest BCUT2D eigenvalue weighted by Crippen LogP contribution is 2.42. The van der Waals surface area contributed by atoms with E-state index in [9.17, 15) is 0 Å². The van der Waals surface area contributed by atoms with E-state index in [-0.39, 0.29) is 5.60 Å². The summed E-state index contributed by atoms with van der Waals surface area (Å²) in [5.41, 5.74) is 1.48.